The number of anilines is 1. The predicted molar refractivity (Wildman–Crippen MR) is 156 cm³/mol. The normalized spacial score (nSPS) is 12.9. The quantitative estimate of drug-likeness (QED) is 0.315. The maximum absolute atomic E-state index is 14.7. The van der Waals surface area contributed by atoms with E-state index in [1.807, 2.05) is 20.8 Å². The molecule has 0 fully saturated rings. The molecule has 0 saturated carbocycles. The summed E-state index contributed by atoms with van der Waals surface area (Å²) in [6, 6.07) is 15.9. The molecule has 10 heteroatoms. The number of benzene rings is 3. The minimum Gasteiger partial charge on any atom is -0.352 e. The predicted octanol–water partition coefficient (Wildman–Crippen LogP) is 5.62. The van der Waals surface area contributed by atoms with Crippen molar-refractivity contribution in [3.05, 3.63) is 94.3 Å². The molecule has 3 aromatic rings. The summed E-state index contributed by atoms with van der Waals surface area (Å²) in [5.41, 5.74) is 1.88. The highest BCUT2D eigenvalue weighted by Gasteiger charge is 2.33. The van der Waals surface area contributed by atoms with Crippen LogP contribution in [0.1, 0.15) is 43.9 Å². The molecule has 3 rings (SSSR count). The zero-order valence-electron chi connectivity index (χ0n) is 23.3. The van der Waals surface area contributed by atoms with Crippen LogP contribution < -0.4 is 9.62 Å². The highest BCUT2D eigenvalue weighted by molar-refractivity contribution is 7.92. The molecule has 0 spiro atoms. The highest BCUT2D eigenvalue weighted by atomic mass is 35.5. The molecule has 3 aromatic carbocycles. The fourth-order valence-corrected chi connectivity index (χ4v) is 5.70. The molecule has 0 heterocycles. The van der Waals surface area contributed by atoms with Gasteiger partial charge in [-0.2, -0.15) is 0 Å². The highest BCUT2D eigenvalue weighted by Crippen LogP contribution is 2.30. The van der Waals surface area contributed by atoms with Gasteiger partial charge < -0.3 is 10.2 Å². The Bertz CT molecular complexity index is 1460. The molecule has 0 aliphatic heterocycles. The SMILES string of the molecule is CC[C@@H](C)NC(=O)[C@@H](C)N(Cc1ccccc1F)C(=O)CN(c1cc(Cl)ccc1C)S(=O)(=O)c1ccc(C)cc1. The van der Waals surface area contributed by atoms with Crippen molar-refractivity contribution >= 4 is 39.1 Å². The Labute approximate surface area is 241 Å². The van der Waals surface area contributed by atoms with Crippen molar-refractivity contribution in [3.8, 4) is 0 Å². The summed E-state index contributed by atoms with van der Waals surface area (Å²) in [6.07, 6.45) is 0.677. The molecule has 0 aliphatic rings. The van der Waals surface area contributed by atoms with Crippen molar-refractivity contribution < 1.29 is 22.4 Å². The van der Waals surface area contributed by atoms with Crippen LogP contribution in [-0.4, -0.2) is 43.8 Å². The molecule has 1 N–H and O–H groups in total. The van der Waals surface area contributed by atoms with Crippen LogP contribution in [0.3, 0.4) is 0 Å². The van der Waals surface area contributed by atoms with Gasteiger partial charge in [0.05, 0.1) is 10.6 Å². The third-order valence-electron chi connectivity index (χ3n) is 6.79. The number of hydrogen-bond acceptors (Lipinski definition) is 4. The van der Waals surface area contributed by atoms with Crippen molar-refractivity contribution in [2.45, 2.75) is 64.6 Å². The third-order valence-corrected chi connectivity index (χ3v) is 8.80. The van der Waals surface area contributed by atoms with Crippen LogP contribution in [0.15, 0.2) is 71.6 Å². The number of carbonyl (C=O) groups is 2. The Hall–Kier alpha value is -3.43. The maximum atomic E-state index is 14.7. The fourth-order valence-electron chi connectivity index (χ4n) is 4.06. The van der Waals surface area contributed by atoms with Crippen molar-refractivity contribution in [1.82, 2.24) is 10.2 Å². The van der Waals surface area contributed by atoms with Gasteiger partial charge in [-0.25, -0.2) is 12.8 Å². The van der Waals surface area contributed by atoms with E-state index in [0.717, 1.165) is 9.87 Å². The van der Waals surface area contributed by atoms with E-state index in [9.17, 15) is 22.4 Å². The largest absolute Gasteiger partial charge is 0.352 e. The summed E-state index contributed by atoms with van der Waals surface area (Å²) in [7, 11) is -4.24. The topological polar surface area (TPSA) is 86.8 Å². The number of rotatable bonds is 11. The summed E-state index contributed by atoms with van der Waals surface area (Å²) >= 11 is 6.24. The van der Waals surface area contributed by atoms with Gasteiger partial charge in [0.1, 0.15) is 18.4 Å². The van der Waals surface area contributed by atoms with Crippen molar-refractivity contribution in [2.75, 3.05) is 10.8 Å². The zero-order chi connectivity index (χ0) is 29.6. The first-order valence-corrected chi connectivity index (χ1v) is 14.9. The van der Waals surface area contributed by atoms with E-state index >= 15 is 0 Å². The lowest BCUT2D eigenvalue weighted by molar-refractivity contribution is -0.139. The lowest BCUT2D eigenvalue weighted by atomic mass is 10.1. The number of nitrogens with zero attached hydrogens (tertiary/aromatic N) is 2. The minimum atomic E-state index is -4.24. The first-order valence-electron chi connectivity index (χ1n) is 13.0. The lowest BCUT2D eigenvalue weighted by Crippen LogP contribution is -2.52. The van der Waals surface area contributed by atoms with Crippen LogP contribution in [0.25, 0.3) is 0 Å². The Morgan fingerprint density at radius 3 is 2.27 bits per heavy atom. The van der Waals surface area contributed by atoms with Crippen molar-refractivity contribution in [3.63, 3.8) is 0 Å². The Morgan fingerprint density at radius 1 is 1.00 bits per heavy atom. The monoisotopic (exact) mass is 587 g/mol. The van der Waals surface area contributed by atoms with E-state index in [0.29, 0.717) is 17.0 Å². The summed E-state index contributed by atoms with van der Waals surface area (Å²) in [4.78, 5) is 28.2. The molecule has 0 unspecified atom stereocenters. The molecular formula is C30H35ClFN3O4S. The third kappa shape index (κ3) is 7.40. The van der Waals surface area contributed by atoms with Crippen LogP contribution >= 0.6 is 11.6 Å². The van der Waals surface area contributed by atoms with Gasteiger partial charge in [0, 0.05) is 23.2 Å². The Kier molecular flexibility index (Phi) is 10.3. The molecule has 40 heavy (non-hydrogen) atoms. The number of aryl methyl sites for hydroxylation is 2. The van der Waals surface area contributed by atoms with Crippen LogP contribution in [0, 0.1) is 19.7 Å². The number of nitrogens with one attached hydrogen (secondary N) is 1. The number of amides is 2. The van der Waals surface area contributed by atoms with Crippen LogP contribution in [0.2, 0.25) is 5.02 Å². The lowest BCUT2D eigenvalue weighted by Gasteiger charge is -2.33. The fraction of sp³-hybridized carbons (Fsp3) is 0.333. The molecule has 214 valence electrons. The second-order valence-electron chi connectivity index (χ2n) is 9.86. The van der Waals surface area contributed by atoms with E-state index in [4.69, 9.17) is 11.6 Å². The second kappa shape index (κ2) is 13.3. The van der Waals surface area contributed by atoms with Gasteiger partial charge in [-0.15, -0.1) is 0 Å². The van der Waals surface area contributed by atoms with Gasteiger partial charge in [-0.3, -0.25) is 13.9 Å². The van der Waals surface area contributed by atoms with Gasteiger partial charge in [-0.05, 0) is 70.0 Å². The molecular weight excluding hydrogens is 553 g/mol. The molecule has 0 bridgehead atoms. The van der Waals surface area contributed by atoms with Gasteiger partial charge in [0.25, 0.3) is 10.0 Å². The number of halogens is 2. The summed E-state index contributed by atoms with van der Waals surface area (Å²) < 4.78 is 43.5. The standard InChI is InChI=1S/C30H35ClFN3O4S/c1-6-22(4)33-30(37)23(5)34(18-24-9-7-8-10-27(24)32)29(36)19-35(28-17-25(31)14-13-21(28)3)40(38,39)26-15-11-20(2)12-16-26/h7-17,22-23H,6,18-19H2,1-5H3,(H,33,37)/t22-,23-/m1/s1. The smallest absolute Gasteiger partial charge is 0.264 e. The summed E-state index contributed by atoms with van der Waals surface area (Å²) in [5.74, 6) is -1.64. The zero-order valence-corrected chi connectivity index (χ0v) is 24.9. The van der Waals surface area contributed by atoms with E-state index in [2.05, 4.69) is 5.32 Å². The molecule has 0 aliphatic carbocycles. The molecule has 0 saturated heterocycles. The first kappa shape index (κ1) is 31.1. The average Bonchev–Trinajstić information content (AvgIpc) is 2.92. The molecule has 2 atom stereocenters. The Balaban J connectivity index is 2.08. The summed E-state index contributed by atoms with van der Waals surface area (Å²) in [5, 5.41) is 3.15. The van der Waals surface area contributed by atoms with Crippen molar-refractivity contribution in [1.29, 1.82) is 0 Å². The number of sulfonamides is 1. The van der Waals surface area contributed by atoms with Gasteiger partial charge in [0.15, 0.2) is 0 Å². The van der Waals surface area contributed by atoms with E-state index in [1.54, 1.807) is 44.2 Å². The van der Waals surface area contributed by atoms with Gasteiger partial charge in [0.2, 0.25) is 11.8 Å². The molecule has 0 radical (unpaired) electrons. The second-order valence-corrected chi connectivity index (χ2v) is 12.2. The van der Waals surface area contributed by atoms with E-state index in [1.165, 1.54) is 41.3 Å². The van der Waals surface area contributed by atoms with Crippen LogP contribution in [0.5, 0.6) is 0 Å². The number of carbonyl (C=O) groups excluding carboxylic acids is 2. The maximum Gasteiger partial charge on any atom is 0.264 e. The van der Waals surface area contributed by atoms with Crippen LogP contribution in [0.4, 0.5) is 10.1 Å². The first-order chi connectivity index (χ1) is 18.8. The van der Waals surface area contributed by atoms with E-state index < -0.39 is 40.2 Å². The minimum absolute atomic E-state index is 0.00603. The summed E-state index contributed by atoms with van der Waals surface area (Å²) in [6.45, 7) is 7.99. The van der Waals surface area contributed by atoms with Gasteiger partial charge in [-0.1, -0.05) is 60.5 Å². The average molecular weight is 588 g/mol. The molecule has 7 nitrogen and oxygen atoms in total. The van der Waals surface area contributed by atoms with E-state index in [-0.39, 0.29) is 28.7 Å². The number of hydrogen-bond donors (Lipinski definition) is 1. The molecule has 2 amide bonds. The van der Waals surface area contributed by atoms with Gasteiger partial charge >= 0.3 is 0 Å². The van der Waals surface area contributed by atoms with Crippen molar-refractivity contribution in [2.24, 2.45) is 0 Å². The Morgan fingerprint density at radius 2 is 1.65 bits per heavy atom. The van der Waals surface area contributed by atoms with Crippen LogP contribution in [-0.2, 0) is 26.2 Å². The molecule has 0 aromatic heterocycles.